The van der Waals surface area contributed by atoms with Gasteiger partial charge in [0.25, 0.3) is 5.91 Å². The van der Waals surface area contributed by atoms with Crippen LogP contribution < -0.4 is 10.6 Å². The van der Waals surface area contributed by atoms with Gasteiger partial charge in [0.2, 0.25) is 5.91 Å². The van der Waals surface area contributed by atoms with E-state index >= 15 is 0 Å². The van der Waals surface area contributed by atoms with Gasteiger partial charge in [-0.15, -0.1) is 0 Å². The van der Waals surface area contributed by atoms with Crippen molar-refractivity contribution in [2.75, 3.05) is 17.3 Å². The molecular formula is C26H30Cl2N2O6S. The lowest BCUT2D eigenvalue weighted by atomic mass is 9.65. The van der Waals surface area contributed by atoms with Gasteiger partial charge in [-0.3, -0.25) is 9.59 Å². The van der Waals surface area contributed by atoms with Crippen molar-refractivity contribution in [1.82, 2.24) is 5.32 Å². The first kappa shape index (κ1) is 28.9. The number of hydrogen-bond donors (Lipinski definition) is 3. The summed E-state index contributed by atoms with van der Waals surface area (Å²) < 4.78 is 22.7. The molecule has 11 heteroatoms. The fourth-order valence-corrected chi connectivity index (χ4v) is 5.70. The van der Waals surface area contributed by atoms with E-state index in [1.165, 1.54) is 6.26 Å². The summed E-state index contributed by atoms with van der Waals surface area (Å²) in [6.45, 7) is 0. The average Bonchev–Trinajstić information content (AvgIpc) is 2.77. The van der Waals surface area contributed by atoms with Crippen LogP contribution in [-0.2, 0) is 25.8 Å². The van der Waals surface area contributed by atoms with Crippen LogP contribution in [0.4, 0.5) is 5.69 Å². The summed E-state index contributed by atoms with van der Waals surface area (Å²) >= 11 is 12.2. The Morgan fingerprint density at radius 1 is 1.03 bits per heavy atom. The number of amides is 2. The summed E-state index contributed by atoms with van der Waals surface area (Å²) in [5.41, 5.74) is 0.657. The Hall–Kier alpha value is -2.62. The minimum atomic E-state index is -3.06. The number of benzene rings is 2. The van der Waals surface area contributed by atoms with Crippen LogP contribution in [0.15, 0.2) is 42.5 Å². The van der Waals surface area contributed by atoms with E-state index in [1.54, 1.807) is 42.5 Å². The van der Waals surface area contributed by atoms with Crippen LogP contribution in [0.25, 0.3) is 0 Å². The van der Waals surface area contributed by atoms with Gasteiger partial charge >= 0.3 is 5.97 Å². The number of sulfone groups is 1. The van der Waals surface area contributed by atoms with Gasteiger partial charge in [-0.05, 0) is 55.5 Å². The highest BCUT2D eigenvalue weighted by Crippen LogP contribution is 2.45. The van der Waals surface area contributed by atoms with E-state index in [-0.39, 0.29) is 33.7 Å². The molecule has 3 N–H and O–H groups in total. The number of aliphatic carboxylic acids is 1. The topological polar surface area (TPSA) is 130 Å². The molecule has 1 aliphatic rings. The fraction of sp³-hybridized carbons (Fsp3) is 0.423. The van der Waals surface area contributed by atoms with E-state index in [2.05, 4.69) is 10.6 Å². The number of carboxylic acid groups (broad SMARTS) is 1. The smallest absolute Gasteiger partial charge is 0.326 e. The summed E-state index contributed by atoms with van der Waals surface area (Å²) in [5.74, 6) is -1.84. The maximum atomic E-state index is 13.0. The molecule has 0 radical (unpaired) electrons. The van der Waals surface area contributed by atoms with E-state index in [1.807, 2.05) is 0 Å². The highest BCUT2D eigenvalue weighted by atomic mass is 35.5. The van der Waals surface area contributed by atoms with E-state index in [0.29, 0.717) is 43.4 Å². The van der Waals surface area contributed by atoms with Crippen molar-refractivity contribution in [1.29, 1.82) is 0 Å². The van der Waals surface area contributed by atoms with Crippen LogP contribution >= 0.6 is 23.2 Å². The molecule has 0 unspecified atom stereocenters. The lowest BCUT2D eigenvalue weighted by Gasteiger charge is -2.41. The Balaban J connectivity index is 1.60. The number of unbranched alkanes of at least 4 members (excludes halogenated alkanes) is 1. The molecule has 8 nitrogen and oxygen atoms in total. The highest BCUT2D eigenvalue weighted by Gasteiger charge is 2.44. The minimum Gasteiger partial charge on any atom is -0.480 e. The molecule has 1 fully saturated rings. The zero-order chi connectivity index (χ0) is 27.2. The van der Waals surface area contributed by atoms with E-state index in [0.717, 1.165) is 6.42 Å². The Morgan fingerprint density at radius 2 is 1.65 bits per heavy atom. The summed E-state index contributed by atoms with van der Waals surface area (Å²) in [4.78, 5) is 37.5. The second kappa shape index (κ2) is 12.3. The maximum absolute atomic E-state index is 13.0. The molecule has 3 rings (SSSR count). The molecule has 2 aromatic rings. The minimum absolute atomic E-state index is 0.0653. The van der Waals surface area contributed by atoms with Gasteiger partial charge in [-0.25, -0.2) is 13.2 Å². The number of hydrogen-bond acceptors (Lipinski definition) is 5. The monoisotopic (exact) mass is 568 g/mol. The summed E-state index contributed by atoms with van der Waals surface area (Å²) in [5, 5.41) is 15.6. The first-order valence-electron chi connectivity index (χ1n) is 12.0. The lowest BCUT2D eigenvalue weighted by molar-refractivity contribution is -0.146. The third kappa shape index (κ3) is 7.93. The molecule has 0 aromatic heterocycles. The van der Waals surface area contributed by atoms with Crippen LogP contribution in [0, 0.1) is 5.41 Å². The Kier molecular flexibility index (Phi) is 9.61. The van der Waals surface area contributed by atoms with Crippen LogP contribution in [0.3, 0.4) is 0 Å². The van der Waals surface area contributed by atoms with Crippen molar-refractivity contribution in [2.24, 2.45) is 5.41 Å². The number of carbonyl (C=O) groups is 3. The first-order chi connectivity index (χ1) is 17.4. The molecule has 200 valence electrons. The van der Waals surface area contributed by atoms with Crippen LogP contribution in [0.2, 0.25) is 10.0 Å². The number of anilines is 1. The van der Waals surface area contributed by atoms with Crippen molar-refractivity contribution < 1.29 is 27.9 Å². The number of halogens is 2. The van der Waals surface area contributed by atoms with Gasteiger partial charge in [0.1, 0.15) is 15.9 Å². The van der Waals surface area contributed by atoms with E-state index in [4.69, 9.17) is 23.2 Å². The normalized spacial score (nSPS) is 15.3. The standard InChI is InChI=1S/C26H30Cl2N2O6S/c1-37(35,36)15-3-2-12-26(13-5-14-26)25(34)30-21(24(32)33)16-17-8-10-18(11-9-17)29-23(31)22-19(27)6-4-7-20(22)28/h4,6-11,21H,2-3,5,12-16H2,1H3,(H,29,31)(H,30,34)(H,32,33)/t21-/m0/s1. The number of carboxylic acids is 1. The first-order valence-corrected chi connectivity index (χ1v) is 14.8. The molecule has 1 saturated carbocycles. The number of nitrogens with one attached hydrogen (secondary N) is 2. The van der Waals surface area contributed by atoms with E-state index in [9.17, 15) is 27.9 Å². The largest absolute Gasteiger partial charge is 0.480 e. The van der Waals surface area contributed by atoms with Crippen LogP contribution in [-0.4, -0.2) is 49.4 Å². The summed E-state index contributed by atoms with van der Waals surface area (Å²) in [6, 6.07) is 10.3. The molecule has 2 aromatic carbocycles. The molecule has 0 spiro atoms. The van der Waals surface area contributed by atoms with Crippen molar-refractivity contribution in [3.63, 3.8) is 0 Å². The van der Waals surface area contributed by atoms with Gasteiger partial charge in [0.05, 0.1) is 15.6 Å². The Labute approximate surface area is 226 Å². The van der Waals surface area contributed by atoms with E-state index < -0.39 is 33.2 Å². The van der Waals surface area contributed by atoms with Crippen LogP contribution in [0.5, 0.6) is 0 Å². The molecule has 0 bridgehead atoms. The van der Waals surface area contributed by atoms with Gasteiger partial charge in [0.15, 0.2) is 0 Å². The zero-order valence-corrected chi connectivity index (χ0v) is 22.8. The number of carbonyl (C=O) groups excluding carboxylic acids is 2. The molecule has 0 aliphatic heterocycles. The van der Waals surface area contributed by atoms with Gasteiger partial charge in [0, 0.05) is 29.5 Å². The van der Waals surface area contributed by atoms with Gasteiger partial charge in [-0.1, -0.05) is 54.2 Å². The zero-order valence-electron chi connectivity index (χ0n) is 20.4. The van der Waals surface area contributed by atoms with Crippen LogP contribution in [0.1, 0.15) is 54.4 Å². The SMILES string of the molecule is CS(=O)(=O)CCCCC1(C(=O)N[C@@H](Cc2ccc(NC(=O)c3c(Cl)cccc3Cl)cc2)C(=O)O)CCC1. The Morgan fingerprint density at radius 3 is 2.16 bits per heavy atom. The summed E-state index contributed by atoms with van der Waals surface area (Å²) in [7, 11) is -3.06. The van der Waals surface area contributed by atoms with Gasteiger partial charge in [-0.2, -0.15) is 0 Å². The highest BCUT2D eigenvalue weighted by molar-refractivity contribution is 7.90. The lowest BCUT2D eigenvalue weighted by Crippen LogP contribution is -2.52. The van der Waals surface area contributed by atoms with Crippen molar-refractivity contribution in [3.8, 4) is 0 Å². The molecular weight excluding hydrogens is 539 g/mol. The second-order valence-corrected chi connectivity index (χ2v) is 12.6. The molecule has 0 saturated heterocycles. The second-order valence-electron chi connectivity index (χ2n) is 9.54. The Bertz CT molecular complexity index is 1240. The predicted octanol–water partition coefficient (Wildman–Crippen LogP) is 4.74. The fourth-order valence-electron chi connectivity index (χ4n) is 4.40. The molecule has 37 heavy (non-hydrogen) atoms. The third-order valence-electron chi connectivity index (χ3n) is 6.66. The van der Waals surface area contributed by atoms with Crippen molar-refractivity contribution >= 4 is 56.5 Å². The average molecular weight is 570 g/mol. The third-order valence-corrected chi connectivity index (χ3v) is 8.32. The maximum Gasteiger partial charge on any atom is 0.326 e. The number of rotatable bonds is 12. The predicted molar refractivity (Wildman–Crippen MR) is 144 cm³/mol. The summed E-state index contributed by atoms with van der Waals surface area (Å²) in [6.07, 6.45) is 5.05. The molecule has 1 atom stereocenters. The van der Waals surface area contributed by atoms with Crippen molar-refractivity contribution in [3.05, 3.63) is 63.6 Å². The quantitative estimate of drug-likeness (QED) is 0.317. The van der Waals surface area contributed by atoms with Gasteiger partial charge < -0.3 is 15.7 Å². The van der Waals surface area contributed by atoms with Crippen molar-refractivity contribution in [2.45, 2.75) is 51.0 Å². The molecule has 2 amide bonds. The molecule has 1 aliphatic carbocycles. The molecule has 0 heterocycles.